The van der Waals surface area contributed by atoms with E-state index in [-0.39, 0.29) is 29.8 Å². The zero-order valence-electron chi connectivity index (χ0n) is 14.2. The van der Waals surface area contributed by atoms with E-state index in [0.29, 0.717) is 6.61 Å². The summed E-state index contributed by atoms with van der Waals surface area (Å²) in [6, 6.07) is -0.892. The number of carboxylic acid groups (broad SMARTS) is 1. The average Bonchev–Trinajstić information content (AvgIpc) is 2.37. The second-order valence-corrected chi connectivity index (χ2v) is 6.51. The molecule has 0 aromatic rings. The van der Waals surface area contributed by atoms with Gasteiger partial charge in [-0.05, 0) is 26.7 Å². The Balaban J connectivity index is 4.50. The molecule has 0 rings (SSSR count). The SMILES string of the molecule is CCC(CC)C(C)C(=O)NC(CCOC(C)(C)C)C(=O)O. The van der Waals surface area contributed by atoms with Crippen molar-refractivity contribution in [3.05, 3.63) is 0 Å². The molecule has 0 fully saturated rings. The van der Waals surface area contributed by atoms with Crippen LogP contribution >= 0.6 is 0 Å². The number of ether oxygens (including phenoxy) is 1. The maximum absolute atomic E-state index is 12.2. The third kappa shape index (κ3) is 8.05. The minimum atomic E-state index is -1.02. The van der Waals surface area contributed by atoms with Crippen LogP contribution in [0.3, 0.4) is 0 Å². The summed E-state index contributed by atoms with van der Waals surface area (Å²) in [4.78, 5) is 23.4. The molecule has 0 bridgehead atoms. The van der Waals surface area contributed by atoms with Gasteiger partial charge in [0.25, 0.3) is 0 Å². The summed E-state index contributed by atoms with van der Waals surface area (Å²) in [6.45, 7) is 12.0. The Bertz CT molecular complexity index is 332. The van der Waals surface area contributed by atoms with Gasteiger partial charge in [-0.3, -0.25) is 4.79 Å². The lowest BCUT2D eigenvalue weighted by atomic mass is 9.88. The minimum absolute atomic E-state index is 0.176. The molecule has 2 N–H and O–H groups in total. The number of hydrogen-bond acceptors (Lipinski definition) is 3. The minimum Gasteiger partial charge on any atom is -0.480 e. The van der Waals surface area contributed by atoms with Crippen molar-refractivity contribution in [1.29, 1.82) is 0 Å². The van der Waals surface area contributed by atoms with Crippen LogP contribution in [-0.2, 0) is 14.3 Å². The van der Waals surface area contributed by atoms with E-state index >= 15 is 0 Å². The first kappa shape index (κ1) is 19.9. The molecule has 1 amide bonds. The van der Waals surface area contributed by atoms with Crippen molar-refractivity contribution in [3.63, 3.8) is 0 Å². The van der Waals surface area contributed by atoms with Crippen molar-refractivity contribution in [3.8, 4) is 0 Å². The summed E-state index contributed by atoms with van der Waals surface area (Å²) < 4.78 is 5.53. The Morgan fingerprint density at radius 1 is 1.19 bits per heavy atom. The van der Waals surface area contributed by atoms with Gasteiger partial charge in [0.1, 0.15) is 6.04 Å². The van der Waals surface area contributed by atoms with Gasteiger partial charge in [0.15, 0.2) is 0 Å². The standard InChI is InChI=1S/C16H31NO4/c1-7-12(8-2)11(3)14(18)17-13(15(19)20)9-10-21-16(4,5)6/h11-13H,7-10H2,1-6H3,(H,17,18)(H,19,20). The highest BCUT2D eigenvalue weighted by molar-refractivity contribution is 5.84. The monoisotopic (exact) mass is 301 g/mol. The van der Waals surface area contributed by atoms with Crippen LogP contribution in [0.2, 0.25) is 0 Å². The molecule has 0 aromatic heterocycles. The lowest BCUT2D eigenvalue weighted by molar-refractivity contribution is -0.143. The summed E-state index contributed by atoms with van der Waals surface area (Å²) in [6.07, 6.45) is 2.10. The zero-order chi connectivity index (χ0) is 16.6. The van der Waals surface area contributed by atoms with E-state index in [0.717, 1.165) is 12.8 Å². The molecule has 0 saturated heterocycles. The zero-order valence-corrected chi connectivity index (χ0v) is 14.2. The average molecular weight is 301 g/mol. The first-order chi connectivity index (χ1) is 9.62. The molecular formula is C16H31NO4. The predicted octanol–water partition coefficient (Wildman–Crippen LogP) is 2.83. The van der Waals surface area contributed by atoms with Gasteiger partial charge in [0, 0.05) is 18.9 Å². The molecule has 0 spiro atoms. The van der Waals surface area contributed by atoms with Gasteiger partial charge in [0.2, 0.25) is 5.91 Å². The van der Waals surface area contributed by atoms with E-state index in [2.05, 4.69) is 5.32 Å². The first-order valence-electron chi connectivity index (χ1n) is 7.79. The van der Waals surface area contributed by atoms with Crippen molar-refractivity contribution in [1.82, 2.24) is 5.32 Å². The smallest absolute Gasteiger partial charge is 0.326 e. The molecule has 0 aliphatic heterocycles. The van der Waals surface area contributed by atoms with Gasteiger partial charge in [-0.25, -0.2) is 4.79 Å². The van der Waals surface area contributed by atoms with Crippen LogP contribution in [0.1, 0.15) is 60.8 Å². The molecule has 0 heterocycles. The number of rotatable bonds is 9. The fourth-order valence-corrected chi connectivity index (χ4v) is 2.25. The molecule has 21 heavy (non-hydrogen) atoms. The summed E-state index contributed by atoms with van der Waals surface area (Å²) in [7, 11) is 0. The summed E-state index contributed by atoms with van der Waals surface area (Å²) in [5, 5.41) is 11.8. The summed E-state index contributed by atoms with van der Waals surface area (Å²) in [5.74, 6) is -1.10. The predicted molar refractivity (Wildman–Crippen MR) is 83.1 cm³/mol. The van der Waals surface area contributed by atoms with Crippen LogP contribution in [-0.4, -0.2) is 35.2 Å². The Kier molecular flexibility index (Phi) is 8.55. The first-order valence-corrected chi connectivity index (χ1v) is 7.79. The summed E-state index contributed by atoms with van der Waals surface area (Å²) in [5.41, 5.74) is -0.310. The Labute approximate surface area is 128 Å². The molecule has 0 aliphatic carbocycles. The van der Waals surface area contributed by atoms with E-state index in [1.807, 2.05) is 41.5 Å². The van der Waals surface area contributed by atoms with Crippen molar-refractivity contribution in [2.75, 3.05) is 6.61 Å². The molecule has 5 nitrogen and oxygen atoms in total. The number of amides is 1. The molecule has 2 unspecified atom stereocenters. The van der Waals surface area contributed by atoms with Gasteiger partial charge in [0.05, 0.1) is 5.60 Å². The van der Waals surface area contributed by atoms with Crippen LogP contribution < -0.4 is 5.32 Å². The van der Waals surface area contributed by atoms with Gasteiger partial charge >= 0.3 is 5.97 Å². The normalized spacial score (nSPS) is 14.8. The van der Waals surface area contributed by atoms with E-state index < -0.39 is 12.0 Å². The van der Waals surface area contributed by atoms with Gasteiger partial charge in [-0.2, -0.15) is 0 Å². The number of carbonyl (C=O) groups excluding carboxylic acids is 1. The maximum atomic E-state index is 12.2. The van der Waals surface area contributed by atoms with Crippen molar-refractivity contribution in [2.24, 2.45) is 11.8 Å². The quantitative estimate of drug-likeness (QED) is 0.686. The third-order valence-electron chi connectivity index (χ3n) is 3.73. The lowest BCUT2D eigenvalue weighted by Gasteiger charge is -2.24. The highest BCUT2D eigenvalue weighted by atomic mass is 16.5. The molecule has 5 heteroatoms. The van der Waals surface area contributed by atoms with Crippen LogP contribution in [0.15, 0.2) is 0 Å². The molecule has 0 aromatic carbocycles. The number of carboxylic acids is 1. The lowest BCUT2D eigenvalue weighted by Crippen LogP contribution is -2.45. The van der Waals surface area contributed by atoms with Gasteiger partial charge in [-0.15, -0.1) is 0 Å². The highest BCUT2D eigenvalue weighted by Crippen LogP contribution is 2.19. The highest BCUT2D eigenvalue weighted by Gasteiger charge is 2.26. The molecule has 0 aliphatic rings. The van der Waals surface area contributed by atoms with Gasteiger partial charge < -0.3 is 15.2 Å². The van der Waals surface area contributed by atoms with Crippen molar-refractivity contribution >= 4 is 11.9 Å². The Morgan fingerprint density at radius 3 is 2.10 bits per heavy atom. The molecule has 0 saturated carbocycles. The van der Waals surface area contributed by atoms with Gasteiger partial charge in [-0.1, -0.05) is 33.6 Å². The number of aliphatic carboxylic acids is 1. The molecule has 124 valence electrons. The van der Waals surface area contributed by atoms with E-state index in [1.54, 1.807) is 0 Å². The largest absolute Gasteiger partial charge is 0.480 e. The van der Waals surface area contributed by atoms with Crippen LogP contribution in [0.25, 0.3) is 0 Å². The van der Waals surface area contributed by atoms with Crippen LogP contribution in [0.4, 0.5) is 0 Å². The maximum Gasteiger partial charge on any atom is 0.326 e. The molecule has 0 radical (unpaired) electrons. The van der Waals surface area contributed by atoms with E-state index in [4.69, 9.17) is 4.74 Å². The topological polar surface area (TPSA) is 75.6 Å². The Morgan fingerprint density at radius 2 is 1.71 bits per heavy atom. The second kappa shape index (κ2) is 9.03. The fraction of sp³-hybridized carbons (Fsp3) is 0.875. The van der Waals surface area contributed by atoms with E-state index in [9.17, 15) is 14.7 Å². The number of carbonyl (C=O) groups is 2. The number of hydrogen-bond donors (Lipinski definition) is 2. The second-order valence-electron chi connectivity index (χ2n) is 6.51. The van der Waals surface area contributed by atoms with Crippen molar-refractivity contribution < 1.29 is 19.4 Å². The molecular weight excluding hydrogens is 270 g/mol. The van der Waals surface area contributed by atoms with Crippen LogP contribution in [0, 0.1) is 11.8 Å². The van der Waals surface area contributed by atoms with Crippen LogP contribution in [0.5, 0.6) is 0 Å². The number of nitrogens with one attached hydrogen (secondary N) is 1. The van der Waals surface area contributed by atoms with Crippen molar-refractivity contribution in [2.45, 2.75) is 72.4 Å². The summed E-state index contributed by atoms with van der Waals surface area (Å²) >= 11 is 0. The molecule has 2 atom stereocenters. The Hall–Kier alpha value is -1.10. The third-order valence-corrected chi connectivity index (χ3v) is 3.73. The van der Waals surface area contributed by atoms with E-state index in [1.165, 1.54) is 0 Å². The fourth-order valence-electron chi connectivity index (χ4n) is 2.25.